The lowest BCUT2D eigenvalue weighted by atomic mass is 10.1. The monoisotopic (exact) mass is 525 g/mol. The first-order chi connectivity index (χ1) is 20.4. The lowest BCUT2D eigenvalue weighted by Crippen LogP contribution is -2.10. The van der Waals surface area contributed by atoms with Gasteiger partial charge in [0.15, 0.2) is 0 Å². The summed E-state index contributed by atoms with van der Waals surface area (Å²) in [6.45, 7) is 0. The van der Waals surface area contributed by atoms with E-state index in [-0.39, 0.29) is 0 Å². The smallest absolute Gasteiger partial charge is 0.0635 e. The van der Waals surface area contributed by atoms with Gasteiger partial charge in [-0.3, -0.25) is 0 Å². The van der Waals surface area contributed by atoms with E-state index in [0.29, 0.717) is 0 Å². The number of para-hydroxylation sites is 4. The van der Waals surface area contributed by atoms with Crippen molar-refractivity contribution in [3.63, 3.8) is 0 Å². The minimum absolute atomic E-state index is 1.11. The number of fused-ring (bicyclic) bond motifs is 5. The maximum absolute atomic E-state index is 2.40. The summed E-state index contributed by atoms with van der Waals surface area (Å²) in [7, 11) is 0. The summed E-state index contributed by atoms with van der Waals surface area (Å²) < 4.78 is 4.71. The molecular formula is C38H27N3. The van der Waals surface area contributed by atoms with Crippen molar-refractivity contribution >= 4 is 49.8 Å². The van der Waals surface area contributed by atoms with Crippen LogP contribution in [0.5, 0.6) is 0 Å². The minimum atomic E-state index is 1.11. The van der Waals surface area contributed by atoms with Crippen LogP contribution in [0.2, 0.25) is 0 Å². The topological polar surface area (TPSA) is 13.1 Å². The van der Waals surface area contributed by atoms with Gasteiger partial charge < -0.3 is 14.0 Å². The Bertz CT molecular complexity index is 2100. The maximum Gasteiger partial charge on any atom is 0.0635 e. The van der Waals surface area contributed by atoms with Gasteiger partial charge in [-0.1, -0.05) is 84.9 Å². The highest BCUT2D eigenvalue weighted by molar-refractivity contribution is 6.18. The third kappa shape index (κ3) is 3.82. The number of rotatable bonds is 5. The molecule has 0 N–H and O–H groups in total. The molecule has 2 heterocycles. The quantitative estimate of drug-likeness (QED) is 0.218. The van der Waals surface area contributed by atoms with Gasteiger partial charge in [-0.2, -0.15) is 0 Å². The standard InChI is InChI=1S/C38H27N3/c1-4-13-28(14-5-1)40(29-15-6-2-7-16-29)32-20-12-19-31(27-32)39-26-25-35-36(39)24-23-34-33-21-10-11-22-37(33)41(38(34)35)30-17-8-3-9-18-30/h1-27H. The maximum atomic E-state index is 2.40. The number of anilines is 3. The van der Waals surface area contributed by atoms with Crippen molar-refractivity contribution in [3.8, 4) is 11.4 Å². The summed E-state index contributed by atoms with van der Waals surface area (Å²) in [5.41, 5.74) is 9.29. The molecule has 0 saturated carbocycles. The third-order valence-corrected chi connectivity index (χ3v) is 7.91. The molecule has 3 nitrogen and oxygen atoms in total. The highest BCUT2D eigenvalue weighted by atomic mass is 15.1. The van der Waals surface area contributed by atoms with Gasteiger partial charge in [-0.25, -0.2) is 0 Å². The largest absolute Gasteiger partial charge is 0.316 e. The minimum Gasteiger partial charge on any atom is -0.316 e. The van der Waals surface area contributed by atoms with Crippen LogP contribution in [0, 0.1) is 0 Å². The predicted molar refractivity (Wildman–Crippen MR) is 172 cm³/mol. The molecule has 194 valence electrons. The van der Waals surface area contributed by atoms with Crippen LogP contribution >= 0.6 is 0 Å². The fraction of sp³-hybridized carbons (Fsp3) is 0. The van der Waals surface area contributed by atoms with Crippen molar-refractivity contribution in [1.82, 2.24) is 9.13 Å². The van der Waals surface area contributed by atoms with Crippen molar-refractivity contribution in [1.29, 1.82) is 0 Å². The summed E-state index contributed by atoms with van der Waals surface area (Å²) in [6, 6.07) is 56.1. The van der Waals surface area contributed by atoms with E-state index in [9.17, 15) is 0 Å². The van der Waals surface area contributed by atoms with E-state index >= 15 is 0 Å². The highest BCUT2D eigenvalue weighted by Gasteiger charge is 2.17. The van der Waals surface area contributed by atoms with E-state index in [0.717, 1.165) is 22.7 Å². The van der Waals surface area contributed by atoms with Crippen LogP contribution in [0.15, 0.2) is 164 Å². The molecule has 0 fully saturated rings. The second kappa shape index (κ2) is 9.58. The zero-order valence-corrected chi connectivity index (χ0v) is 22.4. The molecule has 0 radical (unpaired) electrons. The Kier molecular flexibility index (Phi) is 5.46. The van der Waals surface area contributed by atoms with Crippen molar-refractivity contribution in [2.75, 3.05) is 4.90 Å². The molecule has 6 aromatic carbocycles. The molecule has 8 rings (SSSR count). The molecule has 41 heavy (non-hydrogen) atoms. The molecule has 2 aromatic heterocycles. The van der Waals surface area contributed by atoms with Gasteiger partial charge in [0.25, 0.3) is 0 Å². The Morgan fingerprint density at radius 3 is 1.73 bits per heavy atom. The summed E-state index contributed by atoms with van der Waals surface area (Å²) >= 11 is 0. The van der Waals surface area contributed by atoms with Gasteiger partial charge in [-0.15, -0.1) is 0 Å². The van der Waals surface area contributed by atoms with Gasteiger partial charge in [-0.05, 0) is 72.8 Å². The second-order valence-corrected chi connectivity index (χ2v) is 10.3. The molecule has 0 spiro atoms. The normalized spacial score (nSPS) is 11.4. The van der Waals surface area contributed by atoms with E-state index in [1.165, 1.54) is 38.4 Å². The zero-order valence-electron chi connectivity index (χ0n) is 22.4. The summed E-state index contributed by atoms with van der Waals surface area (Å²) in [6.07, 6.45) is 2.20. The first kappa shape index (κ1) is 23.4. The van der Waals surface area contributed by atoms with Gasteiger partial charge in [0.05, 0.1) is 16.6 Å². The predicted octanol–water partition coefficient (Wildman–Crippen LogP) is 10.2. The Labute approximate surface area is 238 Å². The summed E-state index contributed by atoms with van der Waals surface area (Å²) in [5, 5.41) is 3.77. The summed E-state index contributed by atoms with van der Waals surface area (Å²) in [5.74, 6) is 0. The molecule has 0 atom stereocenters. The van der Waals surface area contributed by atoms with Crippen LogP contribution in [0.3, 0.4) is 0 Å². The number of aromatic nitrogens is 2. The van der Waals surface area contributed by atoms with Crippen LogP contribution in [-0.2, 0) is 0 Å². The van der Waals surface area contributed by atoms with Crippen molar-refractivity contribution in [2.24, 2.45) is 0 Å². The first-order valence-electron chi connectivity index (χ1n) is 14.0. The van der Waals surface area contributed by atoms with Crippen LogP contribution < -0.4 is 4.90 Å². The van der Waals surface area contributed by atoms with Crippen LogP contribution in [0.25, 0.3) is 44.1 Å². The Balaban J connectivity index is 1.34. The van der Waals surface area contributed by atoms with Gasteiger partial charge in [0.2, 0.25) is 0 Å². The van der Waals surface area contributed by atoms with Crippen LogP contribution in [0.1, 0.15) is 0 Å². The van der Waals surface area contributed by atoms with Crippen molar-refractivity contribution in [3.05, 3.63) is 164 Å². The van der Waals surface area contributed by atoms with Crippen molar-refractivity contribution < 1.29 is 0 Å². The summed E-state index contributed by atoms with van der Waals surface area (Å²) in [4.78, 5) is 2.31. The van der Waals surface area contributed by atoms with E-state index in [1.807, 2.05) is 0 Å². The molecule has 0 aliphatic carbocycles. The third-order valence-electron chi connectivity index (χ3n) is 7.91. The van der Waals surface area contributed by atoms with Crippen LogP contribution in [0.4, 0.5) is 17.1 Å². The SMILES string of the molecule is c1ccc(N(c2ccccc2)c2cccc(-n3ccc4c3ccc3c5ccccc5n(-c5ccccc5)c34)c2)cc1. The molecule has 0 aliphatic rings. The average molecular weight is 526 g/mol. The number of nitrogens with zero attached hydrogens (tertiary/aromatic N) is 3. The van der Waals surface area contributed by atoms with Gasteiger partial charge >= 0.3 is 0 Å². The molecule has 0 aliphatic heterocycles. The second-order valence-electron chi connectivity index (χ2n) is 10.3. The van der Waals surface area contributed by atoms with Gasteiger partial charge in [0, 0.05) is 50.8 Å². The average Bonchev–Trinajstić information content (AvgIpc) is 3.62. The molecule has 3 heteroatoms. The first-order valence-corrected chi connectivity index (χ1v) is 14.0. The van der Waals surface area contributed by atoms with Crippen LogP contribution in [-0.4, -0.2) is 9.13 Å². The van der Waals surface area contributed by atoms with E-state index in [4.69, 9.17) is 0 Å². The molecular weight excluding hydrogens is 498 g/mol. The molecule has 0 unspecified atom stereocenters. The zero-order chi connectivity index (χ0) is 27.2. The number of hydrogen-bond donors (Lipinski definition) is 0. The Morgan fingerprint density at radius 1 is 0.390 bits per heavy atom. The number of hydrogen-bond acceptors (Lipinski definition) is 1. The van der Waals surface area contributed by atoms with Gasteiger partial charge in [0.1, 0.15) is 0 Å². The fourth-order valence-electron chi connectivity index (χ4n) is 6.13. The molecule has 0 saturated heterocycles. The number of benzene rings is 6. The fourth-order valence-corrected chi connectivity index (χ4v) is 6.13. The van der Waals surface area contributed by atoms with E-state index < -0.39 is 0 Å². The Hall–Kier alpha value is -5.54. The van der Waals surface area contributed by atoms with Crippen molar-refractivity contribution in [2.45, 2.75) is 0 Å². The molecule has 0 bridgehead atoms. The lowest BCUT2D eigenvalue weighted by Gasteiger charge is -2.26. The highest BCUT2D eigenvalue weighted by Crippen LogP contribution is 2.39. The molecule has 0 amide bonds. The van der Waals surface area contributed by atoms with E-state index in [1.54, 1.807) is 0 Å². The lowest BCUT2D eigenvalue weighted by molar-refractivity contribution is 1.12. The Morgan fingerprint density at radius 2 is 1.00 bits per heavy atom. The molecule has 8 aromatic rings. The van der Waals surface area contributed by atoms with E-state index in [2.05, 4.69) is 178 Å².